The van der Waals surface area contributed by atoms with Crippen LogP contribution in [-0.4, -0.2) is 26.3 Å². The van der Waals surface area contributed by atoms with Gasteiger partial charge in [0, 0.05) is 19.8 Å². The Morgan fingerprint density at radius 3 is 2.38 bits per heavy atom. The summed E-state index contributed by atoms with van der Waals surface area (Å²) < 4.78 is 5.69. The third-order valence-corrected chi connectivity index (χ3v) is 3.34. The van der Waals surface area contributed by atoms with E-state index in [9.17, 15) is 0 Å². The first-order valence-corrected chi connectivity index (χ1v) is 6.82. The highest BCUT2D eigenvalue weighted by Gasteiger charge is 2.20. The van der Waals surface area contributed by atoms with Gasteiger partial charge in [0.2, 0.25) is 0 Å². The van der Waals surface area contributed by atoms with E-state index in [4.69, 9.17) is 4.74 Å². The van der Waals surface area contributed by atoms with E-state index in [1.807, 2.05) is 0 Å². The monoisotopic (exact) mass is 229 g/mol. The average Bonchev–Trinajstić information content (AvgIpc) is 2.25. The van der Waals surface area contributed by atoms with Crippen LogP contribution in [0.5, 0.6) is 0 Å². The van der Waals surface area contributed by atoms with Gasteiger partial charge in [-0.1, -0.05) is 34.6 Å². The first-order valence-electron chi connectivity index (χ1n) is 6.82. The molecule has 2 nitrogen and oxygen atoms in total. The molecule has 0 aliphatic rings. The van der Waals surface area contributed by atoms with Gasteiger partial charge in [-0.05, 0) is 37.1 Å². The first kappa shape index (κ1) is 15.9. The molecule has 0 saturated heterocycles. The molecule has 0 bridgehead atoms. The Morgan fingerprint density at radius 2 is 1.88 bits per heavy atom. The van der Waals surface area contributed by atoms with Crippen LogP contribution in [-0.2, 0) is 4.74 Å². The maximum absolute atomic E-state index is 5.69. The standard InChI is InChI=1S/C14H31NO/c1-6-14(5,12-15-7-2)9-11-16-10-8-13(3)4/h13,15H,6-12H2,1-5H3. The SMILES string of the molecule is CCNCC(C)(CC)CCOCCC(C)C. The van der Waals surface area contributed by atoms with E-state index in [-0.39, 0.29) is 0 Å². The summed E-state index contributed by atoms with van der Waals surface area (Å²) in [5.41, 5.74) is 0.397. The van der Waals surface area contributed by atoms with E-state index in [1.165, 1.54) is 12.8 Å². The molecule has 0 saturated carbocycles. The van der Waals surface area contributed by atoms with Gasteiger partial charge >= 0.3 is 0 Å². The maximum atomic E-state index is 5.69. The molecule has 1 N–H and O–H groups in total. The highest BCUT2D eigenvalue weighted by Crippen LogP contribution is 2.24. The van der Waals surface area contributed by atoms with Crippen molar-refractivity contribution < 1.29 is 4.74 Å². The van der Waals surface area contributed by atoms with Gasteiger partial charge in [0.1, 0.15) is 0 Å². The molecule has 1 unspecified atom stereocenters. The summed E-state index contributed by atoms with van der Waals surface area (Å²) in [7, 11) is 0. The average molecular weight is 229 g/mol. The molecule has 0 fully saturated rings. The molecule has 0 aromatic carbocycles. The summed E-state index contributed by atoms with van der Waals surface area (Å²) in [4.78, 5) is 0. The van der Waals surface area contributed by atoms with Gasteiger partial charge in [-0.15, -0.1) is 0 Å². The number of hydrogen-bond donors (Lipinski definition) is 1. The summed E-state index contributed by atoms with van der Waals surface area (Å²) in [5, 5.41) is 3.44. The molecule has 0 rings (SSSR count). The van der Waals surface area contributed by atoms with E-state index in [0.717, 1.165) is 38.6 Å². The lowest BCUT2D eigenvalue weighted by Gasteiger charge is -2.28. The Hall–Kier alpha value is -0.0800. The van der Waals surface area contributed by atoms with E-state index in [0.29, 0.717) is 5.41 Å². The second-order valence-electron chi connectivity index (χ2n) is 5.49. The zero-order valence-electron chi connectivity index (χ0n) is 11.9. The largest absolute Gasteiger partial charge is 0.381 e. The number of hydrogen-bond acceptors (Lipinski definition) is 2. The molecule has 0 aromatic heterocycles. The van der Waals surface area contributed by atoms with Gasteiger partial charge in [-0.3, -0.25) is 0 Å². The molecular weight excluding hydrogens is 198 g/mol. The van der Waals surface area contributed by atoms with Crippen molar-refractivity contribution in [2.45, 2.75) is 53.9 Å². The van der Waals surface area contributed by atoms with Crippen LogP contribution in [0.1, 0.15) is 53.9 Å². The Balaban J connectivity index is 3.61. The molecule has 2 heteroatoms. The second-order valence-corrected chi connectivity index (χ2v) is 5.49. The Morgan fingerprint density at radius 1 is 1.19 bits per heavy atom. The van der Waals surface area contributed by atoms with E-state index in [2.05, 4.69) is 39.9 Å². The molecule has 1 atom stereocenters. The lowest BCUT2D eigenvalue weighted by Crippen LogP contribution is -2.32. The van der Waals surface area contributed by atoms with Crippen LogP contribution in [0.25, 0.3) is 0 Å². The Bertz CT molecular complexity index is 159. The van der Waals surface area contributed by atoms with Gasteiger partial charge in [0.05, 0.1) is 0 Å². The highest BCUT2D eigenvalue weighted by molar-refractivity contribution is 4.74. The van der Waals surface area contributed by atoms with Crippen molar-refractivity contribution in [3.05, 3.63) is 0 Å². The quantitative estimate of drug-likeness (QED) is 0.579. The number of rotatable bonds is 10. The predicted octanol–water partition coefficient (Wildman–Crippen LogP) is 3.47. The molecule has 0 aliphatic heterocycles. The van der Waals surface area contributed by atoms with E-state index < -0.39 is 0 Å². The van der Waals surface area contributed by atoms with Gasteiger partial charge in [-0.2, -0.15) is 0 Å². The predicted molar refractivity (Wildman–Crippen MR) is 71.8 cm³/mol. The fourth-order valence-electron chi connectivity index (χ4n) is 1.56. The first-order chi connectivity index (χ1) is 7.54. The van der Waals surface area contributed by atoms with Crippen LogP contribution in [0.4, 0.5) is 0 Å². The number of nitrogens with one attached hydrogen (secondary N) is 1. The molecule has 98 valence electrons. The minimum atomic E-state index is 0.397. The highest BCUT2D eigenvalue weighted by atomic mass is 16.5. The van der Waals surface area contributed by atoms with Gasteiger partial charge in [-0.25, -0.2) is 0 Å². The van der Waals surface area contributed by atoms with Crippen molar-refractivity contribution in [2.24, 2.45) is 11.3 Å². The van der Waals surface area contributed by atoms with Crippen LogP contribution < -0.4 is 5.32 Å². The van der Waals surface area contributed by atoms with Crippen LogP contribution in [0.15, 0.2) is 0 Å². The minimum Gasteiger partial charge on any atom is -0.381 e. The van der Waals surface area contributed by atoms with Crippen LogP contribution in [0.3, 0.4) is 0 Å². The topological polar surface area (TPSA) is 21.3 Å². The molecule has 0 amide bonds. The number of ether oxygens (including phenoxy) is 1. The second kappa shape index (κ2) is 9.00. The fourth-order valence-corrected chi connectivity index (χ4v) is 1.56. The lowest BCUT2D eigenvalue weighted by molar-refractivity contribution is 0.0895. The van der Waals surface area contributed by atoms with Crippen LogP contribution in [0, 0.1) is 11.3 Å². The van der Waals surface area contributed by atoms with Crippen molar-refractivity contribution in [2.75, 3.05) is 26.3 Å². The van der Waals surface area contributed by atoms with Crippen molar-refractivity contribution in [3.8, 4) is 0 Å². The zero-order chi connectivity index (χ0) is 12.4. The molecule has 0 heterocycles. The molecule has 0 radical (unpaired) electrons. The summed E-state index contributed by atoms with van der Waals surface area (Å²) >= 11 is 0. The minimum absolute atomic E-state index is 0.397. The molecule has 0 aromatic rings. The molecular formula is C14H31NO. The van der Waals surface area contributed by atoms with Crippen molar-refractivity contribution in [1.29, 1.82) is 0 Å². The smallest absolute Gasteiger partial charge is 0.0471 e. The van der Waals surface area contributed by atoms with Crippen LogP contribution >= 0.6 is 0 Å². The van der Waals surface area contributed by atoms with Crippen molar-refractivity contribution in [1.82, 2.24) is 5.32 Å². The van der Waals surface area contributed by atoms with Gasteiger partial charge in [0.15, 0.2) is 0 Å². The molecule has 16 heavy (non-hydrogen) atoms. The summed E-state index contributed by atoms with van der Waals surface area (Å²) in [6, 6.07) is 0. The summed E-state index contributed by atoms with van der Waals surface area (Å²) in [5.74, 6) is 0.749. The third-order valence-electron chi connectivity index (χ3n) is 3.34. The summed E-state index contributed by atoms with van der Waals surface area (Å²) in [6.07, 6.45) is 3.55. The molecule has 0 aliphatic carbocycles. The summed E-state index contributed by atoms with van der Waals surface area (Å²) in [6.45, 7) is 15.2. The normalized spacial score (nSPS) is 15.4. The van der Waals surface area contributed by atoms with Crippen molar-refractivity contribution in [3.63, 3.8) is 0 Å². The van der Waals surface area contributed by atoms with E-state index in [1.54, 1.807) is 0 Å². The van der Waals surface area contributed by atoms with Gasteiger partial charge in [0.25, 0.3) is 0 Å². The third kappa shape index (κ3) is 8.12. The van der Waals surface area contributed by atoms with Crippen molar-refractivity contribution >= 4 is 0 Å². The maximum Gasteiger partial charge on any atom is 0.0471 e. The van der Waals surface area contributed by atoms with Crippen LogP contribution in [0.2, 0.25) is 0 Å². The fraction of sp³-hybridized carbons (Fsp3) is 1.00. The zero-order valence-corrected chi connectivity index (χ0v) is 11.9. The molecule has 0 spiro atoms. The lowest BCUT2D eigenvalue weighted by atomic mass is 9.84. The van der Waals surface area contributed by atoms with Gasteiger partial charge < -0.3 is 10.1 Å². The Labute approximate surface area is 102 Å². The Kier molecular flexibility index (Phi) is 8.96. The van der Waals surface area contributed by atoms with E-state index >= 15 is 0 Å².